The van der Waals surface area contributed by atoms with Crippen molar-refractivity contribution in [3.8, 4) is 11.3 Å². The fourth-order valence-electron chi connectivity index (χ4n) is 0.982. The summed E-state index contributed by atoms with van der Waals surface area (Å²) in [6, 6.07) is 11.8. The number of aromatic nitrogens is 2. The minimum Gasteiger partial charge on any atom is -0.276 e. The van der Waals surface area contributed by atoms with Gasteiger partial charge in [-0.3, -0.25) is 5.10 Å². The summed E-state index contributed by atoms with van der Waals surface area (Å²) < 4.78 is 0. The minimum absolute atomic E-state index is 0.936. The Hall–Kier alpha value is -1.57. The van der Waals surface area contributed by atoms with Crippen molar-refractivity contribution in [2.45, 2.75) is 0 Å². The van der Waals surface area contributed by atoms with Crippen LogP contribution in [0.3, 0.4) is 0 Å². The second kappa shape index (κ2) is 2.58. The highest BCUT2D eigenvalue weighted by Gasteiger charge is 1.95. The smallest absolute Gasteiger partial charge is 0.0927 e. The van der Waals surface area contributed by atoms with E-state index in [9.17, 15) is 0 Å². The number of hydrogen-bond donors (Lipinski definition) is 1. The van der Waals surface area contributed by atoms with E-state index in [2.05, 4.69) is 16.4 Å². The van der Waals surface area contributed by atoms with Gasteiger partial charge in [0.05, 0.1) is 11.9 Å². The summed E-state index contributed by atoms with van der Waals surface area (Å²) in [6.07, 6.45) is 2.79. The molecular weight excluding hydrogens is 136 g/mol. The highest BCUT2D eigenvalue weighted by Crippen LogP contribution is 2.13. The molecule has 0 atom stereocenters. The molecule has 0 bridgehead atoms. The minimum atomic E-state index is 0.936. The Kier molecular flexibility index (Phi) is 1.44. The molecule has 2 rings (SSSR count). The van der Waals surface area contributed by atoms with E-state index in [4.69, 9.17) is 0 Å². The Morgan fingerprint density at radius 1 is 1.18 bits per heavy atom. The zero-order chi connectivity index (χ0) is 7.52. The lowest BCUT2D eigenvalue weighted by Crippen LogP contribution is -1.75. The molecule has 2 heteroatoms. The van der Waals surface area contributed by atoms with Crippen molar-refractivity contribution in [3.05, 3.63) is 42.6 Å². The lowest BCUT2D eigenvalue weighted by Gasteiger charge is -1.91. The lowest BCUT2D eigenvalue weighted by molar-refractivity contribution is 1.09. The Bertz CT molecular complexity index is 311. The third-order valence-electron chi connectivity index (χ3n) is 1.52. The van der Waals surface area contributed by atoms with Crippen LogP contribution in [-0.2, 0) is 0 Å². The molecule has 2 nitrogen and oxygen atoms in total. The Labute approximate surface area is 64.9 Å². The number of hydrogen-bond acceptors (Lipinski definition) is 1. The molecule has 0 aliphatic rings. The molecule has 0 unspecified atom stereocenters. The van der Waals surface area contributed by atoms with Crippen LogP contribution >= 0.6 is 0 Å². The number of benzene rings is 1. The van der Waals surface area contributed by atoms with Gasteiger partial charge in [0.2, 0.25) is 0 Å². The molecule has 53 valence electrons. The van der Waals surface area contributed by atoms with Gasteiger partial charge in [-0.25, -0.2) is 0 Å². The summed E-state index contributed by atoms with van der Waals surface area (Å²) in [7, 11) is 0. The van der Waals surface area contributed by atoms with E-state index in [-0.39, 0.29) is 0 Å². The van der Waals surface area contributed by atoms with Gasteiger partial charge < -0.3 is 0 Å². The average Bonchev–Trinajstić information content (AvgIpc) is 2.58. The molecule has 0 aliphatic heterocycles. The Morgan fingerprint density at radius 3 is 2.64 bits per heavy atom. The van der Waals surface area contributed by atoms with E-state index in [1.165, 1.54) is 0 Å². The van der Waals surface area contributed by atoms with Gasteiger partial charge in [-0.2, -0.15) is 5.10 Å². The van der Waals surface area contributed by atoms with E-state index < -0.39 is 0 Å². The van der Waals surface area contributed by atoms with Crippen LogP contribution in [0, 0.1) is 6.20 Å². The van der Waals surface area contributed by atoms with Gasteiger partial charge in [0.25, 0.3) is 0 Å². The van der Waals surface area contributed by atoms with Crippen molar-refractivity contribution in [2.75, 3.05) is 0 Å². The van der Waals surface area contributed by atoms with Crippen molar-refractivity contribution in [1.82, 2.24) is 10.2 Å². The molecule has 1 N–H and O–H groups in total. The third-order valence-corrected chi connectivity index (χ3v) is 1.52. The molecule has 0 aliphatic carbocycles. The van der Waals surface area contributed by atoms with Crippen molar-refractivity contribution >= 4 is 0 Å². The normalized spacial score (nSPS) is 9.82. The van der Waals surface area contributed by atoms with Crippen molar-refractivity contribution in [2.24, 2.45) is 0 Å². The first-order valence-electron chi connectivity index (χ1n) is 3.44. The van der Waals surface area contributed by atoms with Gasteiger partial charge in [0.15, 0.2) is 0 Å². The van der Waals surface area contributed by atoms with Crippen molar-refractivity contribution in [3.63, 3.8) is 0 Å². The number of nitrogens with zero attached hydrogens (tertiary/aromatic N) is 1. The summed E-state index contributed by atoms with van der Waals surface area (Å²) in [6.45, 7) is 0. The molecule has 0 saturated carbocycles. The highest BCUT2D eigenvalue weighted by atomic mass is 15.1. The molecule has 1 radical (unpaired) electrons. The van der Waals surface area contributed by atoms with Crippen LogP contribution in [0.25, 0.3) is 11.3 Å². The quantitative estimate of drug-likeness (QED) is 0.648. The van der Waals surface area contributed by atoms with Crippen molar-refractivity contribution < 1.29 is 0 Å². The van der Waals surface area contributed by atoms with E-state index in [0.717, 1.165) is 11.3 Å². The number of rotatable bonds is 1. The summed E-state index contributed by atoms with van der Waals surface area (Å²) >= 11 is 0. The van der Waals surface area contributed by atoms with Crippen LogP contribution in [0.2, 0.25) is 0 Å². The maximum absolute atomic E-state index is 4.01. The highest BCUT2D eigenvalue weighted by molar-refractivity contribution is 5.57. The van der Waals surface area contributed by atoms with Crippen LogP contribution < -0.4 is 0 Å². The Morgan fingerprint density at radius 2 is 2.00 bits per heavy atom. The van der Waals surface area contributed by atoms with Crippen molar-refractivity contribution in [1.29, 1.82) is 0 Å². The second-order valence-electron chi connectivity index (χ2n) is 2.26. The summed E-state index contributed by atoms with van der Waals surface area (Å²) in [5.74, 6) is 0. The average molecular weight is 143 g/mol. The predicted molar refractivity (Wildman–Crippen MR) is 42.9 cm³/mol. The second-order valence-corrected chi connectivity index (χ2v) is 2.26. The molecule has 1 heterocycles. The third kappa shape index (κ3) is 1.15. The maximum Gasteiger partial charge on any atom is 0.0927 e. The van der Waals surface area contributed by atoms with Crippen LogP contribution in [0.1, 0.15) is 0 Å². The van der Waals surface area contributed by atoms with Gasteiger partial charge in [0, 0.05) is 5.56 Å². The first-order valence-corrected chi connectivity index (χ1v) is 3.44. The monoisotopic (exact) mass is 143 g/mol. The number of H-pyrrole nitrogens is 1. The van der Waals surface area contributed by atoms with Gasteiger partial charge in [-0.15, -0.1) is 0 Å². The molecule has 2 aromatic rings. The number of nitrogens with one attached hydrogen (secondary N) is 1. The summed E-state index contributed by atoms with van der Waals surface area (Å²) in [5, 5.41) is 6.66. The first-order chi connectivity index (χ1) is 5.47. The SMILES string of the molecule is [c]1cc(-c2ccccc2)n[nH]1. The van der Waals surface area contributed by atoms with E-state index in [1.54, 1.807) is 0 Å². The van der Waals surface area contributed by atoms with Gasteiger partial charge in [0.1, 0.15) is 0 Å². The fraction of sp³-hybridized carbons (Fsp3) is 0. The summed E-state index contributed by atoms with van der Waals surface area (Å²) in [4.78, 5) is 0. The molecule has 1 aromatic carbocycles. The zero-order valence-electron chi connectivity index (χ0n) is 5.91. The van der Waals surface area contributed by atoms with E-state index in [1.807, 2.05) is 36.4 Å². The van der Waals surface area contributed by atoms with Crippen LogP contribution in [0.5, 0.6) is 0 Å². The zero-order valence-corrected chi connectivity index (χ0v) is 5.91. The van der Waals surface area contributed by atoms with Crippen LogP contribution in [0.4, 0.5) is 0 Å². The van der Waals surface area contributed by atoms with Gasteiger partial charge >= 0.3 is 0 Å². The molecule has 0 amide bonds. The Balaban J connectivity index is 2.46. The largest absolute Gasteiger partial charge is 0.276 e. The van der Waals surface area contributed by atoms with Crippen LogP contribution in [-0.4, -0.2) is 10.2 Å². The van der Waals surface area contributed by atoms with E-state index >= 15 is 0 Å². The standard InChI is InChI=1S/C9H7N2/c1-2-4-8(5-3-1)9-6-7-10-11-9/h1-6H,(H,10,11). The molecule has 11 heavy (non-hydrogen) atoms. The predicted octanol–water partition coefficient (Wildman–Crippen LogP) is 1.88. The van der Waals surface area contributed by atoms with Gasteiger partial charge in [-0.05, 0) is 6.07 Å². The molecule has 0 spiro atoms. The first kappa shape index (κ1) is 6.16. The summed E-state index contributed by atoms with van der Waals surface area (Å²) in [5.41, 5.74) is 2.05. The number of aromatic amines is 1. The van der Waals surface area contributed by atoms with E-state index in [0.29, 0.717) is 0 Å². The molecular formula is C9H7N2. The molecule has 0 saturated heterocycles. The molecule has 1 aromatic heterocycles. The molecule has 0 fully saturated rings. The lowest BCUT2D eigenvalue weighted by atomic mass is 10.2. The fourth-order valence-corrected chi connectivity index (χ4v) is 0.982. The topological polar surface area (TPSA) is 28.7 Å². The maximum atomic E-state index is 4.01. The van der Waals surface area contributed by atoms with Gasteiger partial charge in [-0.1, -0.05) is 30.3 Å². The van der Waals surface area contributed by atoms with Crippen LogP contribution in [0.15, 0.2) is 36.4 Å².